The summed E-state index contributed by atoms with van der Waals surface area (Å²) in [4.78, 5) is 14.4. The van der Waals surface area contributed by atoms with Crippen LogP contribution in [0.5, 0.6) is 0 Å². The van der Waals surface area contributed by atoms with Crippen molar-refractivity contribution in [3.63, 3.8) is 0 Å². The molecular formula is C16H21NO2. The zero-order chi connectivity index (χ0) is 14.0. The normalized spacial score (nSPS) is 12.3. The van der Waals surface area contributed by atoms with Gasteiger partial charge in [0.15, 0.2) is 5.78 Å². The van der Waals surface area contributed by atoms with Crippen LogP contribution in [-0.4, -0.2) is 30.8 Å². The van der Waals surface area contributed by atoms with E-state index in [1.54, 1.807) is 6.26 Å². The molecule has 0 unspecified atom stereocenters. The van der Waals surface area contributed by atoms with E-state index in [1.165, 1.54) is 0 Å². The molecule has 0 bridgehead atoms. The molecule has 0 aliphatic carbocycles. The molecule has 0 saturated heterocycles. The molecule has 0 atom stereocenters. The van der Waals surface area contributed by atoms with E-state index < -0.39 is 0 Å². The fraction of sp³-hybridized carbons (Fsp3) is 0.438. The van der Waals surface area contributed by atoms with E-state index in [2.05, 4.69) is 25.7 Å². The largest absolute Gasteiger partial charge is 0.464 e. The number of nitrogens with zero attached hydrogens (tertiary/aromatic N) is 1. The minimum Gasteiger partial charge on any atom is -0.464 e. The fourth-order valence-electron chi connectivity index (χ4n) is 2.39. The van der Waals surface area contributed by atoms with E-state index in [0.29, 0.717) is 12.1 Å². The molecule has 2 rings (SSSR count). The highest BCUT2D eigenvalue weighted by Gasteiger charge is 2.18. The first-order chi connectivity index (χ1) is 8.87. The average molecular weight is 259 g/mol. The first-order valence-corrected chi connectivity index (χ1v) is 6.55. The minimum atomic E-state index is 0.108. The molecule has 3 nitrogen and oxygen atoms in total. The second-order valence-corrected chi connectivity index (χ2v) is 6.30. The van der Waals surface area contributed by atoms with Crippen molar-refractivity contribution in [2.45, 2.75) is 20.8 Å². The number of hydrogen-bond acceptors (Lipinski definition) is 3. The summed E-state index contributed by atoms with van der Waals surface area (Å²) in [6.45, 7) is 7.80. The lowest BCUT2D eigenvalue weighted by Gasteiger charge is -2.25. The van der Waals surface area contributed by atoms with Crippen molar-refractivity contribution in [3.8, 4) is 0 Å². The third kappa shape index (κ3) is 3.44. The van der Waals surface area contributed by atoms with E-state index in [1.807, 2.05) is 31.3 Å². The Labute approximate surface area is 114 Å². The van der Waals surface area contributed by atoms with Crippen molar-refractivity contribution in [3.05, 3.63) is 36.1 Å². The SMILES string of the molecule is CN(CC(=O)c1coc2ccccc12)CC(C)(C)C. The number of likely N-dealkylation sites (N-methyl/N-ethyl adjacent to an activating group) is 1. The zero-order valence-corrected chi connectivity index (χ0v) is 12.1. The van der Waals surface area contributed by atoms with Gasteiger partial charge in [-0.25, -0.2) is 0 Å². The Morgan fingerprint density at radius 3 is 2.63 bits per heavy atom. The van der Waals surface area contributed by atoms with E-state index in [0.717, 1.165) is 17.5 Å². The predicted octanol–water partition coefficient (Wildman–Crippen LogP) is 3.59. The Hall–Kier alpha value is -1.61. The molecule has 1 heterocycles. The average Bonchev–Trinajstić information content (AvgIpc) is 2.69. The zero-order valence-electron chi connectivity index (χ0n) is 12.1. The van der Waals surface area contributed by atoms with Gasteiger partial charge < -0.3 is 4.42 Å². The quantitative estimate of drug-likeness (QED) is 0.787. The third-order valence-corrected chi connectivity index (χ3v) is 2.94. The fourth-order valence-corrected chi connectivity index (χ4v) is 2.39. The lowest BCUT2D eigenvalue weighted by Crippen LogP contribution is -2.33. The van der Waals surface area contributed by atoms with Crippen molar-refractivity contribution in [2.24, 2.45) is 5.41 Å². The lowest BCUT2D eigenvalue weighted by molar-refractivity contribution is 0.0928. The molecule has 102 valence electrons. The number of carbonyl (C=O) groups excluding carboxylic acids is 1. The van der Waals surface area contributed by atoms with Gasteiger partial charge in [0.2, 0.25) is 0 Å². The molecule has 3 heteroatoms. The molecule has 0 amide bonds. The second kappa shape index (κ2) is 5.17. The number of furan rings is 1. The third-order valence-electron chi connectivity index (χ3n) is 2.94. The standard InChI is InChI=1S/C16H21NO2/c1-16(2,3)11-17(4)9-14(18)13-10-19-15-8-6-5-7-12(13)15/h5-8,10H,9,11H2,1-4H3. The van der Waals surface area contributed by atoms with Crippen molar-refractivity contribution < 1.29 is 9.21 Å². The summed E-state index contributed by atoms with van der Waals surface area (Å²) in [6, 6.07) is 7.64. The molecule has 19 heavy (non-hydrogen) atoms. The number of ketones is 1. The maximum absolute atomic E-state index is 12.3. The number of Topliss-reactive ketones (excluding diaryl/α,β-unsaturated/α-hetero) is 1. The number of fused-ring (bicyclic) bond motifs is 1. The molecule has 0 N–H and O–H groups in total. The Kier molecular flexibility index (Phi) is 3.76. The predicted molar refractivity (Wildman–Crippen MR) is 77.5 cm³/mol. The highest BCUT2D eigenvalue weighted by atomic mass is 16.3. The van der Waals surface area contributed by atoms with Crippen LogP contribution in [0.2, 0.25) is 0 Å². The summed E-state index contributed by atoms with van der Waals surface area (Å²) in [5.74, 6) is 0.108. The van der Waals surface area contributed by atoms with Gasteiger partial charge in [0, 0.05) is 11.9 Å². The van der Waals surface area contributed by atoms with Crippen LogP contribution < -0.4 is 0 Å². The van der Waals surface area contributed by atoms with E-state index in [4.69, 9.17) is 4.42 Å². The van der Waals surface area contributed by atoms with Gasteiger partial charge in [0.05, 0.1) is 12.1 Å². The molecule has 0 saturated carbocycles. The number of hydrogen-bond donors (Lipinski definition) is 0. The van der Waals surface area contributed by atoms with Crippen molar-refractivity contribution in [1.29, 1.82) is 0 Å². The first-order valence-electron chi connectivity index (χ1n) is 6.55. The molecule has 1 aromatic carbocycles. The topological polar surface area (TPSA) is 33.5 Å². The Morgan fingerprint density at radius 1 is 1.26 bits per heavy atom. The summed E-state index contributed by atoms with van der Waals surface area (Å²) in [5, 5.41) is 0.900. The highest BCUT2D eigenvalue weighted by molar-refractivity contribution is 6.08. The van der Waals surface area contributed by atoms with Gasteiger partial charge in [-0.1, -0.05) is 39.0 Å². The smallest absolute Gasteiger partial charge is 0.180 e. The van der Waals surface area contributed by atoms with Crippen LogP contribution in [0, 0.1) is 5.41 Å². The van der Waals surface area contributed by atoms with E-state index in [9.17, 15) is 4.79 Å². The van der Waals surface area contributed by atoms with Crippen LogP contribution in [0.4, 0.5) is 0 Å². The van der Waals surface area contributed by atoms with Crippen LogP contribution >= 0.6 is 0 Å². The van der Waals surface area contributed by atoms with Crippen LogP contribution in [0.1, 0.15) is 31.1 Å². The number of benzene rings is 1. The minimum absolute atomic E-state index is 0.108. The molecule has 0 spiro atoms. The van der Waals surface area contributed by atoms with Crippen molar-refractivity contribution >= 4 is 16.8 Å². The van der Waals surface area contributed by atoms with Gasteiger partial charge >= 0.3 is 0 Å². The Morgan fingerprint density at radius 2 is 1.95 bits per heavy atom. The molecule has 1 aromatic heterocycles. The van der Waals surface area contributed by atoms with Gasteiger partial charge in [0.1, 0.15) is 11.8 Å². The highest BCUT2D eigenvalue weighted by Crippen LogP contribution is 2.21. The van der Waals surface area contributed by atoms with Gasteiger partial charge in [-0.15, -0.1) is 0 Å². The summed E-state index contributed by atoms with van der Waals surface area (Å²) >= 11 is 0. The van der Waals surface area contributed by atoms with Crippen LogP contribution in [-0.2, 0) is 0 Å². The Balaban J connectivity index is 2.12. The molecule has 0 radical (unpaired) electrons. The molecule has 2 aromatic rings. The molecular weight excluding hydrogens is 238 g/mol. The second-order valence-electron chi connectivity index (χ2n) is 6.30. The number of carbonyl (C=O) groups is 1. The van der Waals surface area contributed by atoms with E-state index in [-0.39, 0.29) is 11.2 Å². The lowest BCUT2D eigenvalue weighted by atomic mass is 9.96. The van der Waals surface area contributed by atoms with Gasteiger partial charge in [-0.2, -0.15) is 0 Å². The first kappa shape index (κ1) is 13.8. The van der Waals surface area contributed by atoms with Crippen LogP contribution in [0.15, 0.2) is 34.9 Å². The molecule has 0 aliphatic heterocycles. The summed E-state index contributed by atoms with van der Waals surface area (Å²) in [6.07, 6.45) is 1.57. The van der Waals surface area contributed by atoms with E-state index >= 15 is 0 Å². The monoisotopic (exact) mass is 259 g/mol. The summed E-state index contributed by atoms with van der Waals surface area (Å²) in [5.41, 5.74) is 1.63. The molecule has 0 fully saturated rings. The number of para-hydroxylation sites is 1. The van der Waals surface area contributed by atoms with Gasteiger partial charge in [-0.05, 0) is 18.5 Å². The van der Waals surface area contributed by atoms with Gasteiger partial charge in [0.25, 0.3) is 0 Å². The maximum atomic E-state index is 12.3. The summed E-state index contributed by atoms with van der Waals surface area (Å²) in [7, 11) is 1.98. The Bertz CT molecular complexity index is 578. The summed E-state index contributed by atoms with van der Waals surface area (Å²) < 4.78 is 5.41. The number of rotatable bonds is 4. The van der Waals surface area contributed by atoms with Crippen molar-refractivity contribution in [1.82, 2.24) is 4.90 Å². The maximum Gasteiger partial charge on any atom is 0.180 e. The van der Waals surface area contributed by atoms with Crippen LogP contribution in [0.3, 0.4) is 0 Å². The molecule has 0 aliphatic rings. The van der Waals surface area contributed by atoms with Crippen molar-refractivity contribution in [2.75, 3.05) is 20.1 Å². The van der Waals surface area contributed by atoms with Gasteiger partial charge in [-0.3, -0.25) is 9.69 Å². The van der Waals surface area contributed by atoms with Crippen LogP contribution in [0.25, 0.3) is 11.0 Å².